The minimum absolute atomic E-state index is 0. The molecule has 1 saturated heterocycles. The molecular formula is C16H24ClN3S2. The van der Waals surface area contributed by atoms with E-state index < -0.39 is 0 Å². The minimum atomic E-state index is 0. The second kappa shape index (κ2) is 8.99. The number of thiophene rings is 1. The third kappa shape index (κ3) is 4.52. The molecule has 3 nitrogen and oxygen atoms in total. The maximum absolute atomic E-state index is 4.84. The largest absolute Gasteiger partial charge is 0.317 e. The Morgan fingerprint density at radius 2 is 2.14 bits per heavy atom. The molecule has 0 aliphatic carbocycles. The first-order valence-electron chi connectivity index (χ1n) is 7.78. The van der Waals surface area contributed by atoms with Crippen LogP contribution in [0.25, 0.3) is 10.6 Å². The summed E-state index contributed by atoms with van der Waals surface area (Å²) in [5.41, 5.74) is 2.49. The highest BCUT2D eigenvalue weighted by Crippen LogP contribution is 2.26. The van der Waals surface area contributed by atoms with Gasteiger partial charge in [0.15, 0.2) is 0 Å². The Hall–Kier alpha value is -0.460. The predicted octanol–water partition coefficient (Wildman–Crippen LogP) is 4.26. The number of nitrogens with one attached hydrogen (secondary N) is 1. The molecule has 0 bridgehead atoms. The summed E-state index contributed by atoms with van der Waals surface area (Å²) in [6.07, 6.45) is 3.74. The standard InChI is InChI=1S/C16H23N3S2.ClH/c1-2-8-19(15-3-6-17-7-4-15)10-14-12-21-16(18-14)13-5-9-20-11-13;/h5,9,11-12,15,17H,2-4,6-8,10H2,1H3;1H. The van der Waals surface area contributed by atoms with Gasteiger partial charge in [0, 0.05) is 28.9 Å². The van der Waals surface area contributed by atoms with E-state index in [0.29, 0.717) is 0 Å². The van der Waals surface area contributed by atoms with Gasteiger partial charge in [-0.05, 0) is 50.3 Å². The van der Waals surface area contributed by atoms with E-state index in [1.54, 1.807) is 22.7 Å². The van der Waals surface area contributed by atoms with E-state index in [2.05, 4.69) is 39.3 Å². The highest BCUT2D eigenvalue weighted by Gasteiger charge is 2.21. The van der Waals surface area contributed by atoms with Crippen molar-refractivity contribution in [1.29, 1.82) is 0 Å². The lowest BCUT2D eigenvalue weighted by atomic mass is 10.0. The fourth-order valence-electron chi connectivity index (χ4n) is 2.96. The Balaban J connectivity index is 0.00000176. The minimum Gasteiger partial charge on any atom is -0.317 e. The van der Waals surface area contributed by atoms with Gasteiger partial charge in [0.05, 0.1) is 5.69 Å². The average molecular weight is 358 g/mol. The monoisotopic (exact) mass is 357 g/mol. The van der Waals surface area contributed by atoms with Gasteiger partial charge < -0.3 is 5.32 Å². The molecule has 0 atom stereocenters. The summed E-state index contributed by atoms with van der Waals surface area (Å²) in [6, 6.07) is 2.88. The number of nitrogens with zero attached hydrogens (tertiary/aromatic N) is 2. The zero-order valence-corrected chi connectivity index (χ0v) is 15.4. The van der Waals surface area contributed by atoms with Crippen molar-refractivity contribution >= 4 is 35.1 Å². The van der Waals surface area contributed by atoms with Crippen molar-refractivity contribution in [1.82, 2.24) is 15.2 Å². The Labute approximate surface area is 147 Å². The predicted molar refractivity (Wildman–Crippen MR) is 99.3 cm³/mol. The van der Waals surface area contributed by atoms with E-state index in [9.17, 15) is 0 Å². The first-order valence-corrected chi connectivity index (χ1v) is 9.61. The van der Waals surface area contributed by atoms with Gasteiger partial charge >= 0.3 is 0 Å². The Kier molecular flexibility index (Phi) is 7.31. The van der Waals surface area contributed by atoms with Crippen molar-refractivity contribution < 1.29 is 0 Å². The average Bonchev–Trinajstić information content (AvgIpc) is 3.19. The number of halogens is 1. The molecule has 0 radical (unpaired) electrons. The number of hydrogen-bond acceptors (Lipinski definition) is 5. The first kappa shape index (κ1) is 17.9. The van der Waals surface area contributed by atoms with E-state index in [1.165, 1.54) is 37.1 Å². The zero-order chi connectivity index (χ0) is 14.5. The van der Waals surface area contributed by atoms with Gasteiger partial charge in [0.1, 0.15) is 5.01 Å². The maximum atomic E-state index is 4.84. The normalized spacial score (nSPS) is 15.9. The van der Waals surface area contributed by atoms with Gasteiger partial charge in [-0.3, -0.25) is 4.90 Å². The maximum Gasteiger partial charge on any atom is 0.124 e. The van der Waals surface area contributed by atoms with Crippen LogP contribution >= 0.6 is 35.1 Å². The van der Waals surface area contributed by atoms with Crippen molar-refractivity contribution in [2.75, 3.05) is 19.6 Å². The van der Waals surface area contributed by atoms with Gasteiger partial charge in [-0.2, -0.15) is 11.3 Å². The van der Waals surface area contributed by atoms with Crippen LogP contribution in [0.4, 0.5) is 0 Å². The molecule has 2 aromatic heterocycles. The smallest absolute Gasteiger partial charge is 0.124 e. The lowest BCUT2D eigenvalue weighted by Gasteiger charge is -2.34. The van der Waals surface area contributed by atoms with Crippen LogP contribution in [0.1, 0.15) is 31.9 Å². The fraction of sp³-hybridized carbons (Fsp3) is 0.562. The summed E-state index contributed by atoms with van der Waals surface area (Å²) in [5.74, 6) is 0. The summed E-state index contributed by atoms with van der Waals surface area (Å²) in [7, 11) is 0. The van der Waals surface area contributed by atoms with Crippen LogP contribution in [-0.2, 0) is 6.54 Å². The molecule has 6 heteroatoms. The molecule has 0 unspecified atom stereocenters. The molecule has 0 amide bonds. The van der Waals surface area contributed by atoms with E-state index in [-0.39, 0.29) is 12.4 Å². The number of hydrogen-bond donors (Lipinski definition) is 1. The van der Waals surface area contributed by atoms with Crippen LogP contribution in [0.15, 0.2) is 22.2 Å². The van der Waals surface area contributed by atoms with Gasteiger partial charge in [0.2, 0.25) is 0 Å². The molecule has 0 saturated carbocycles. The number of aromatic nitrogens is 1. The third-order valence-electron chi connectivity index (χ3n) is 4.02. The molecule has 1 aliphatic heterocycles. The first-order chi connectivity index (χ1) is 10.4. The highest BCUT2D eigenvalue weighted by atomic mass is 35.5. The summed E-state index contributed by atoms with van der Waals surface area (Å²) < 4.78 is 0. The molecule has 0 spiro atoms. The topological polar surface area (TPSA) is 28.2 Å². The molecule has 1 N–H and O–H groups in total. The molecule has 2 aromatic rings. The summed E-state index contributed by atoms with van der Waals surface area (Å²) in [5, 5.41) is 11.2. The van der Waals surface area contributed by atoms with Crippen LogP contribution in [0.2, 0.25) is 0 Å². The van der Waals surface area contributed by atoms with Crippen molar-refractivity contribution in [2.45, 2.75) is 38.8 Å². The zero-order valence-electron chi connectivity index (χ0n) is 13.0. The van der Waals surface area contributed by atoms with E-state index >= 15 is 0 Å². The van der Waals surface area contributed by atoms with E-state index in [4.69, 9.17) is 4.98 Å². The van der Waals surface area contributed by atoms with Gasteiger partial charge in [-0.15, -0.1) is 23.7 Å². The Bertz CT molecular complexity index is 535. The molecule has 3 rings (SSSR count). The third-order valence-corrected chi connectivity index (χ3v) is 5.64. The van der Waals surface area contributed by atoms with Crippen molar-refractivity contribution in [3.63, 3.8) is 0 Å². The fourth-order valence-corrected chi connectivity index (χ4v) is 4.48. The van der Waals surface area contributed by atoms with Crippen LogP contribution in [-0.4, -0.2) is 35.6 Å². The van der Waals surface area contributed by atoms with Crippen LogP contribution in [0.3, 0.4) is 0 Å². The lowest BCUT2D eigenvalue weighted by molar-refractivity contribution is 0.153. The molecule has 0 aromatic carbocycles. The van der Waals surface area contributed by atoms with E-state index in [0.717, 1.165) is 30.7 Å². The van der Waals surface area contributed by atoms with E-state index in [1.807, 2.05) is 0 Å². The highest BCUT2D eigenvalue weighted by molar-refractivity contribution is 7.14. The van der Waals surface area contributed by atoms with Crippen LogP contribution in [0, 0.1) is 0 Å². The molecule has 1 aliphatic rings. The van der Waals surface area contributed by atoms with Crippen LogP contribution in [0.5, 0.6) is 0 Å². The van der Waals surface area contributed by atoms with Crippen LogP contribution < -0.4 is 5.32 Å². The second-order valence-corrected chi connectivity index (χ2v) is 7.25. The lowest BCUT2D eigenvalue weighted by Crippen LogP contribution is -2.43. The summed E-state index contributed by atoms with van der Waals surface area (Å²) >= 11 is 3.51. The van der Waals surface area contributed by atoms with Crippen molar-refractivity contribution in [3.05, 3.63) is 27.9 Å². The second-order valence-electron chi connectivity index (χ2n) is 5.61. The number of thiazole rings is 1. The molecule has 3 heterocycles. The molecule has 22 heavy (non-hydrogen) atoms. The SMILES string of the molecule is CCCN(Cc1csc(-c2ccsc2)n1)C1CCNCC1.Cl. The summed E-state index contributed by atoms with van der Waals surface area (Å²) in [6.45, 7) is 6.76. The molecule has 122 valence electrons. The quantitative estimate of drug-likeness (QED) is 0.837. The van der Waals surface area contributed by atoms with Gasteiger partial charge in [-0.25, -0.2) is 4.98 Å². The van der Waals surface area contributed by atoms with Gasteiger partial charge in [0.25, 0.3) is 0 Å². The van der Waals surface area contributed by atoms with Crippen molar-refractivity contribution in [2.24, 2.45) is 0 Å². The Morgan fingerprint density at radius 1 is 1.32 bits per heavy atom. The summed E-state index contributed by atoms with van der Waals surface area (Å²) in [4.78, 5) is 7.47. The molecular weight excluding hydrogens is 334 g/mol. The van der Waals surface area contributed by atoms with Crippen molar-refractivity contribution in [3.8, 4) is 10.6 Å². The number of rotatable bonds is 6. The Morgan fingerprint density at radius 3 is 2.82 bits per heavy atom. The molecule has 1 fully saturated rings. The van der Waals surface area contributed by atoms with Gasteiger partial charge in [-0.1, -0.05) is 6.92 Å². The number of piperidine rings is 1.